The van der Waals surface area contributed by atoms with Crippen LogP contribution in [0.15, 0.2) is 34.2 Å². The van der Waals surface area contributed by atoms with E-state index >= 15 is 0 Å². The zero-order chi connectivity index (χ0) is 10.7. The molecule has 1 rings (SSSR count). The molecule has 14 heavy (non-hydrogen) atoms. The third-order valence-corrected chi connectivity index (χ3v) is 2.52. The number of ether oxygens (including phenoxy) is 1. The zero-order valence-corrected chi connectivity index (χ0v) is 9.37. The topological polar surface area (TPSA) is 46.5 Å². The first-order valence-corrected chi connectivity index (χ1v) is 4.86. The molecule has 74 valence electrons. The molecular formula is C9H10BBrO3. The Morgan fingerprint density at radius 1 is 1.71 bits per heavy atom. The lowest BCUT2D eigenvalue weighted by Gasteiger charge is -2.12. The molecular weight excluding hydrogens is 247 g/mol. The van der Waals surface area contributed by atoms with Crippen molar-refractivity contribution in [2.24, 2.45) is 0 Å². The molecule has 0 bridgehead atoms. The highest BCUT2D eigenvalue weighted by molar-refractivity contribution is 9.12. The van der Waals surface area contributed by atoms with E-state index in [1.165, 1.54) is 7.11 Å². The molecule has 3 nitrogen and oxygen atoms in total. The van der Waals surface area contributed by atoms with Gasteiger partial charge in [-0.25, -0.2) is 4.79 Å². The molecule has 0 fully saturated rings. The van der Waals surface area contributed by atoms with E-state index in [1.807, 2.05) is 6.08 Å². The standard InChI is InChI=1S/C9H10BBrO3/c1-5(9(13)14-2)8(12)6-3-4-7(11)10-6/h3-4,8,10,12H,1H2,2H3. The largest absolute Gasteiger partial charge is 0.466 e. The number of hydrogen-bond acceptors (Lipinski definition) is 3. The molecule has 1 N–H and O–H groups in total. The lowest BCUT2D eigenvalue weighted by molar-refractivity contribution is -0.136. The van der Waals surface area contributed by atoms with Gasteiger partial charge in [-0.05, 0) is 4.38 Å². The Hall–Kier alpha value is -0.805. The molecule has 0 saturated heterocycles. The highest BCUT2D eigenvalue weighted by Gasteiger charge is 2.23. The number of methoxy groups -OCH3 is 1. The minimum Gasteiger partial charge on any atom is -0.466 e. The lowest BCUT2D eigenvalue weighted by Crippen LogP contribution is -2.22. The Labute approximate surface area is 91.5 Å². The van der Waals surface area contributed by atoms with E-state index in [2.05, 4.69) is 27.2 Å². The molecule has 0 saturated carbocycles. The van der Waals surface area contributed by atoms with Crippen molar-refractivity contribution in [3.05, 3.63) is 34.2 Å². The predicted octanol–water partition coefficient (Wildman–Crippen LogP) is 0.647. The maximum Gasteiger partial charge on any atom is 0.336 e. The van der Waals surface area contributed by atoms with Gasteiger partial charge in [0.1, 0.15) is 0 Å². The van der Waals surface area contributed by atoms with Gasteiger partial charge in [0.2, 0.25) is 0 Å². The van der Waals surface area contributed by atoms with E-state index in [9.17, 15) is 9.90 Å². The first-order chi connectivity index (χ1) is 6.56. The van der Waals surface area contributed by atoms with Crippen molar-refractivity contribution in [2.75, 3.05) is 7.11 Å². The van der Waals surface area contributed by atoms with E-state index in [1.54, 1.807) is 6.08 Å². The summed E-state index contributed by atoms with van der Waals surface area (Å²) in [5.41, 5.74) is 0.807. The summed E-state index contributed by atoms with van der Waals surface area (Å²) in [6.07, 6.45) is 2.65. The average molecular weight is 257 g/mol. The van der Waals surface area contributed by atoms with Gasteiger partial charge in [-0.1, -0.05) is 40.1 Å². The molecule has 0 aromatic rings. The van der Waals surface area contributed by atoms with Crippen LogP contribution in [-0.2, 0) is 9.53 Å². The average Bonchev–Trinajstić information content (AvgIpc) is 2.61. The van der Waals surface area contributed by atoms with Gasteiger partial charge in [-0.15, -0.1) is 0 Å². The number of halogens is 1. The summed E-state index contributed by atoms with van der Waals surface area (Å²) < 4.78 is 5.44. The molecule has 0 aliphatic carbocycles. The van der Waals surface area contributed by atoms with E-state index in [0.717, 1.165) is 9.85 Å². The van der Waals surface area contributed by atoms with Gasteiger partial charge in [0.05, 0.1) is 18.8 Å². The molecule has 1 unspecified atom stereocenters. The second kappa shape index (κ2) is 4.62. The molecule has 0 spiro atoms. The third-order valence-electron chi connectivity index (χ3n) is 1.98. The van der Waals surface area contributed by atoms with Crippen LogP contribution in [0.3, 0.4) is 0 Å². The fraction of sp³-hybridized carbons (Fsp3) is 0.222. The second-order valence-electron chi connectivity index (χ2n) is 2.95. The summed E-state index contributed by atoms with van der Waals surface area (Å²) in [5.74, 6) is -0.582. The second-order valence-corrected chi connectivity index (χ2v) is 3.97. The van der Waals surface area contributed by atoms with Gasteiger partial charge < -0.3 is 9.84 Å². The lowest BCUT2D eigenvalue weighted by atomic mass is 9.69. The third kappa shape index (κ3) is 2.36. The summed E-state index contributed by atoms with van der Waals surface area (Å²) >= 11 is 3.30. The van der Waals surface area contributed by atoms with Gasteiger partial charge >= 0.3 is 5.97 Å². The Morgan fingerprint density at radius 2 is 2.36 bits per heavy atom. The predicted molar refractivity (Wildman–Crippen MR) is 59.4 cm³/mol. The highest BCUT2D eigenvalue weighted by atomic mass is 79.9. The summed E-state index contributed by atoms with van der Waals surface area (Å²) in [7, 11) is 1.87. The van der Waals surface area contributed by atoms with Gasteiger partial charge in [0.15, 0.2) is 7.28 Å². The SMILES string of the molecule is C=C(C(=O)OC)C(O)C1=CC=C(Br)B1. The number of allylic oxidation sites excluding steroid dienone is 2. The van der Waals surface area contributed by atoms with Crippen molar-refractivity contribution in [3.63, 3.8) is 0 Å². The van der Waals surface area contributed by atoms with E-state index in [0.29, 0.717) is 7.28 Å². The van der Waals surface area contributed by atoms with Crippen molar-refractivity contribution in [3.8, 4) is 0 Å². The zero-order valence-electron chi connectivity index (χ0n) is 7.79. The van der Waals surface area contributed by atoms with Crippen molar-refractivity contribution in [1.29, 1.82) is 0 Å². The number of esters is 1. The molecule has 0 amide bonds. The van der Waals surface area contributed by atoms with Crippen molar-refractivity contribution in [2.45, 2.75) is 6.10 Å². The van der Waals surface area contributed by atoms with Crippen LogP contribution in [0.2, 0.25) is 0 Å². The quantitative estimate of drug-likeness (QED) is 0.458. The van der Waals surface area contributed by atoms with Crippen LogP contribution in [0.4, 0.5) is 0 Å². The number of hydrogen-bond donors (Lipinski definition) is 1. The van der Waals surface area contributed by atoms with Crippen LogP contribution in [-0.4, -0.2) is 31.6 Å². The maximum atomic E-state index is 11.1. The number of carbonyl (C=O) groups excluding carboxylic acids is 1. The van der Waals surface area contributed by atoms with Crippen LogP contribution in [0.5, 0.6) is 0 Å². The first kappa shape index (κ1) is 11.3. The molecule has 0 aromatic carbocycles. The fourth-order valence-corrected chi connectivity index (χ4v) is 1.62. The van der Waals surface area contributed by atoms with Gasteiger partial charge in [-0.2, -0.15) is 0 Å². The maximum absolute atomic E-state index is 11.1. The number of carbonyl (C=O) groups is 1. The van der Waals surface area contributed by atoms with Crippen LogP contribution < -0.4 is 0 Å². The van der Waals surface area contributed by atoms with Crippen molar-refractivity contribution < 1.29 is 14.6 Å². The van der Waals surface area contributed by atoms with Crippen LogP contribution >= 0.6 is 15.9 Å². The first-order valence-electron chi connectivity index (χ1n) is 4.06. The molecule has 0 radical (unpaired) electrons. The number of aliphatic hydroxyl groups excluding tert-OH is 1. The monoisotopic (exact) mass is 256 g/mol. The molecule has 5 heteroatoms. The van der Waals surface area contributed by atoms with E-state index in [-0.39, 0.29) is 5.57 Å². The summed E-state index contributed by atoms with van der Waals surface area (Å²) in [5, 5.41) is 9.71. The minimum atomic E-state index is -0.950. The van der Waals surface area contributed by atoms with Crippen molar-refractivity contribution in [1.82, 2.24) is 0 Å². The van der Waals surface area contributed by atoms with E-state index in [4.69, 9.17) is 0 Å². The highest BCUT2D eigenvalue weighted by Crippen LogP contribution is 2.21. The summed E-state index contributed by atoms with van der Waals surface area (Å²) in [4.78, 5) is 11.1. The molecule has 1 aliphatic rings. The smallest absolute Gasteiger partial charge is 0.336 e. The Kier molecular flexibility index (Phi) is 3.72. The van der Waals surface area contributed by atoms with Gasteiger partial charge in [-0.3, -0.25) is 0 Å². The van der Waals surface area contributed by atoms with Crippen LogP contribution in [0, 0.1) is 0 Å². The molecule has 1 heterocycles. The molecule has 1 aliphatic heterocycles. The van der Waals surface area contributed by atoms with Crippen LogP contribution in [0.25, 0.3) is 0 Å². The summed E-state index contributed by atoms with van der Waals surface area (Å²) in [6, 6.07) is 0. The minimum absolute atomic E-state index is 0.0642. The Balaban J connectivity index is 2.64. The van der Waals surface area contributed by atoms with Crippen LogP contribution in [0.1, 0.15) is 0 Å². The Bertz CT molecular complexity index is 331. The van der Waals surface area contributed by atoms with Gasteiger partial charge in [0.25, 0.3) is 0 Å². The van der Waals surface area contributed by atoms with Gasteiger partial charge in [0, 0.05) is 0 Å². The molecule has 0 aromatic heterocycles. The van der Waals surface area contributed by atoms with E-state index < -0.39 is 12.1 Å². The molecule has 1 atom stereocenters. The number of rotatable bonds is 3. The number of aliphatic hydroxyl groups is 1. The summed E-state index contributed by atoms with van der Waals surface area (Å²) in [6.45, 7) is 3.49. The normalized spacial score (nSPS) is 16.5. The Morgan fingerprint density at radius 3 is 2.79 bits per heavy atom. The van der Waals surface area contributed by atoms with Crippen molar-refractivity contribution >= 4 is 29.2 Å². The fourth-order valence-electron chi connectivity index (χ4n) is 1.16.